The Bertz CT molecular complexity index is 150. The maximum atomic E-state index is 9.39. The van der Waals surface area contributed by atoms with Gasteiger partial charge in [0.15, 0.2) is 0 Å². The summed E-state index contributed by atoms with van der Waals surface area (Å²) in [5.41, 5.74) is 0.915. The van der Waals surface area contributed by atoms with Crippen LogP contribution in [0.3, 0.4) is 0 Å². The van der Waals surface area contributed by atoms with Gasteiger partial charge in [0.1, 0.15) is 0 Å². The van der Waals surface area contributed by atoms with Crippen molar-refractivity contribution < 1.29 is 27.3 Å². The van der Waals surface area contributed by atoms with E-state index in [0.717, 1.165) is 5.71 Å². The Balaban J connectivity index is 0. The summed E-state index contributed by atoms with van der Waals surface area (Å²) in [4.78, 5) is 1.79. The third-order valence-electron chi connectivity index (χ3n) is 1.25. The number of hydrogen-bond donors (Lipinski definition) is 5. The minimum Gasteiger partial charge on any atom is -0.395 e. The fraction of sp³-hybridized carbons (Fsp3) is 1.00. The molecule has 0 heterocycles. The van der Waals surface area contributed by atoms with Crippen molar-refractivity contribution in [2.75, 3.05) is 39.5 Å². The topological polar surface area (TPSA) is 121 Å². The predicted octanol–water partition coefficient (Wildman–Crippen LogP) is -2.76. The molecule has 0 aliphatic rings. The zero-order valence-electron chi connectivity index (χ0n) is 8.78. The molecule has 0 bridgehead atoms. The molecule has 0 aliphatic carbocycles. The average molecular weight is 289 g/mol. The summed E-state index contributed by atoms with van der Waals surface area (Å²) in [6.07, 6.45) is 0. The molecule has 0 saturated heterocycles. The van der Waals surface area contributed by atoms with E-state index in [1.807, 2.05) is 0 Å². The van der Waals surface area contributed by atoms with Crippen LogP contribution in [0.4, 0.5) is 0 Å². The van der Waals surface area contributed by atoms with Gasteiger partial charge in [0.2, 0.25) is 0 Å². The van der Waals surface area contributed by atoms with Crippen molar-refractivity contribution in [3.05, 3.63) is 0 Å². The van der Waals surface area contributed by atoms with E-state index in [2.05, 4.69) is 0 Å². The molecule has 0 spiro atoms. The number of nitrogens with zero attached hydrogens (tertiary/aromatic N) is 1. The van der Waals surface area contributed by atoms with Gasteiger partial charge in [-0.05, 0) is 0 Å². The van der Waals surface area contributed by atoms with Gasteiger partial charge >= 0.3 is 31.8 Å². The first kappa shape index (κ1) is 17.5. The molecule has 0 rings (SSSR count). The molecular formula is C7H20AsNO6. The molecule has 0 radical (unpaired) electrons. The monoisotopic (exact) mass is 289 g/mol. The molecule has 7 nitrogen and oxygen atoms in total. The van der Waals surface area contributed by atoms with Crippen LogP contribution >= 0.6 is 0 Å². The fourth-order valence-corrected chi connectivity index (χ4v) is 0.760. The maximum absolute atomic E-state index is 9.39. The van der Waals surface area contributed by atoms with Gasteiger partial charge in [0.25, 0.3) is 0 Å². The summed E-state index contributed by atoms with van der Waals surface area (Å²) in [5, 5.41) is 25.5. The Kier molecular flexibility index (Phi) is 12.4. The molecule has 0 fully saturated rings. The molecule has 0 atom stereocenters. The van der Waals surface area contributed by atoms with Crippen molar-refractivity contribution in [2.24, 2.45) is 0 Å². The Hall–Kier alpha value is 0.118. The summed E-state index contributed by atoms with van der Waals surface area (Å²) in [6, 6.07) is 0. The minimum absolute atomic E-state index is 0.0694. The number of hydrogen-bond acceptors (Lipinski definition) is 5. The Labute approximate surface area is 92.0 Å². The minimum atomic E-state index is -4.12. The maximum Gasteiger partial charge on any atom is 0.0558 e. The van der Waals surface area contributed by atoms with Gasteiger partial charge in [-0.2, -0.15) is 0 Å². The van der Waals surface area contributed by atoms with Crippen molar-refractivity contribution in [2.45, 2.75) is 5.71 Å². The van der Waals surface area contributed by atoms with Crippen molar-refractivity contribution >= 4 is 14.2 Å². The second kappa shape index (κ2) is 10.6. The van der Waals surface area contributed by atoms with Crippen molar-refractivity contribution in [3.8, 4) is 0 Å². The second-order valence-electron chi connectivity index (χ2n) is 2.85. The van der Waals surface area contributed by atoms with E-state index in [-0.39, 0.29) is 19.8 Å². The Morgan fingerprint density at radius 2 is 1.13 bits per heavy atom. The Morgan fingerprint density at radius 1 is 0.933 bits per heavy atom. The summed E-state index contributed by atoms with van der Waals surface area (Å²) in [7, 11) is 0. The van der Waals surface area contributed by atoms with Gasteiger partial charge in [-0.3, -0.25) is 4.90 Å². The summed E-state index contributed by atoms with van der Waals surface area (Å²) < 4.78 is 24.8. The molecule has 0 amide bonds. The van der Waals surface area contributed by atoms with Crippen molar-refractivity contribution in [1.29, 1.82) is 0 Å². The van der Waals surface area contributed by atoms with Crippen LogP contribution in [0, 0.1) is 0 Å². The molecule has 94 valence electrons. The number of rotatable bonds is 6. The summed E-state index contributed by atoms with van der Waals surface area (Å²) in [5.74, 6) is 0. The molecule has 5 N–H and O–H groups in total. The van der Waals surface area contributed by atoms with Gasteiger partial charge in [-0.15, -0.1) is 0 Å². The third kappa shape index (κ3) is 24.9. The zero-order valence-corrected chi connectivity index (χ0v) is 10.7. The van der Waals surface area contributed by atoms with Gasteiger partial charge in [-0.25, -0.2) is 0 Å². The molecule has 0 unspecified atom stereocenters. The Morgan fingerprint density at radius 3 is 1.27 bits per heavy atom. The van der Waals surface area contributed by atoms with Crippen molar-refractivity contribution in [3.63, 3.8) is 0 Å². The standard InChI is InChI=1S/C6H15NO3.CH5AsO3/c8-4-1-7(2-5-9)3-6-10;1-2(3,4)5/h8-10H,1-6H2;1H3,(H2,3,4,5). The largest absolute Gasteiger partial charge is 0.395 e. The molecule has 8 heteroatoms. The first-order valence-electron chi connectivity index (χ1n) is 4.43. The number of aliphatic hydroxyl groups excluding tert-OH is 3. The van der Waals surface area contributed by atoms with Gasteiger partial charge in [0, 0.05) is 19.6 Å². The zero-order chi connectivity index (χ0) is 12.3. The molecular weight excluding hydrogens is 269 g/mol. The van der Waals surface area contributed by atoms with Gasteiger partial charge in [-0.1, -0.05) is 0 Å². The fourth-order valence-electron chi connectivity index (χ4n) is 0.760. The van der Waals surface area contributed by atoms with E-state index >= 15 is 0 Å². The molecule has 0 aromatic rings. The van der Waals surface area contributed by atoms with Gasteiger partial charge in [0.05, 0.1) is 19.8 Å². The van der Waals surface area contributed by atoms with E-state index in [1.165, 1.54) is 0 Å². The van der Waals surface area contributed by atoms with Crippen LogP contribution in [0.1, 0.15) is 0 Å². The molecule has 0 saturated carbocycles. The predicted molar refractivity (Wildman–Crippen MR) is 54.4 cm³/mol. The molecule has 0 aromatic carbocycles. The average Bonchev–Trinajstić information content (AvgIpc) is 2.02. The van der Waals surface area contributed by atoms with Gasteiger partial charge < -0.3 is 15.3 Å². The summed E-state index contributed by atoms with van der Waals surface area (Å²) >= 11 is -4.12. The first-order valence-corrected chi connectivity index (χ1v) is 8.75. The van der Waals surface area contributed by atoms with E-state index in [0.29, 0.717) is 19.6 Å². The van der Waals surface area contributed by atoms with Crippen LogP contribution in [-0.4, -0.2) is 82.0 Å². The summed E-state index contributed by atoms with van der Waals surface area (Å²) in [6.45, 7) is 1.75. The third-order valence-corrected chi connectivity index (χ3v) is 1.25. The van der Waals surface area contributed by atoms with E-state index in [4.69, 9.17) is 23.5 Å². The molecule has 15 heavy (non-hydrogen) atoms. The van der Waals surface area contributed by atoms with E-state index in [9.17, 15) is 3.74 Å². The normalized spacial score (nSPS) is 11.1. The van der Waals surface area contributed by atoms with Crippen LogP contribution in [0.2, 0.25) is 5.71 Å². The first-order chi connectivity index (χ1) is 6.85. The molecule has 0 aromatic heterocycles. The van der Waals surface area contributed by atoms with E-state index in [1.54, 1.807) is 4.90 Å². The molecule has 0 aliphatic heterocycles. The second-order valence-corrected chi connectivity index (χ2v) is 6.35. The van der Waals surface area contributed by atoms with Crippen LogP contribution in [0.5, 0.6) is 0 Å². The quantitative estimate of drug-likeness (QED) is 0.336. The van der Waals surface area contributed by atoms with Crippen molar-refractivity contribution in [1.82, 2.24) is 4.90 Å². The van der Waals surface area contributed by atoms with Crippen LogP contribution in [0.15, 0.2) is 0 Å². The smallest absolute Gasteiger partial charge is 0.0558 e. The SMILES string of the molecule is C[As](=O)(O)O.OCCN(CCO)CCO. The number of aliphatic hydroxyl groups is 3. The van der Waals surface area contributed by atoms with E-state index < -0.39 is 14.2 Å². The van der Waals surface area contributed by atoms with Crippen LogP contribution in [-0.2, 0) is 3.74 Å². The van der Waals surface area contributed by atoms with Crippen LogP contribution in [0.25, 0.3) is 0 Å². The van der Waals surface area contributed by atoms with Crippen LogP contribution < -0.4 is 0 Å².